The van der Waals surface area contributed by atoms with Crippen LogP contribution in [0.4, 0.5) is 0 Å². The molecule has 0 radical (unpaired) electrons. The molecule has 0 aromatic carbocycles. The number of nitrogens with zero attached hydrogens (tertiary/aromatic N) is 1. The summed E-state index contributed by atoms with van der Waals surface area (Å²) < 4.78 is 5.10. The highest BCUT2D eigenvalue weighted by atomic mass is 32.1. The molecule has 0 saturated carbocycles. The van der Waals surface area contributed by atoms with Gasteiger partial charge >= 0.3 is 0 Å². The standard InChI is InChI=1S/C12H11NO2S/c1-15-12-7-13-4-2-10(12)11(14)6-9-3-5-16-8-9/h2-5,7-8H,6H2,1H3. The van der Waals surface area contributed by atoms with E-state index in [-0.39, 0.29) is 5.78 Å². The summed E-state index contributed by atoms with van der Waals surface area (Å²) in [4.78, 5) is 15.9. The number of methoxy groups -OCH3 is 1. The minimum Gasteiger partial charge on any atom is -0.494 e. The van der Waals surface area contributed by atoms with E-state index in [1.54, 1.807) is 36.9 Å². The number of carbonyl (C=O) groups excluding carboxylic acids is 1. The zero-order valence-corrected chi connectivity index (χ0v) is 9.66. The van der Waals surface area contributed by atoms with Gasteiger partial charge in [-0.1, -0.05) is 0 Å². The third-order valence-corrected chi connectivity index (χ3v) is 2.98. The van der Waals surface area contributed by atoms with E-state index < -0.39 is 0 Å². The van der Waals surface area contributed by atoms with Crippen molar-refractivity contribution >= 4 is 17.1 Å². The Balaban J connectivity index is 2.21. The Labute approximate surface area is 97.7 Å². The average Bonchev–Trinajstić information content (AvgIpc) is 2.81. The molecule has 82 valence electrons. The Hall–Kier alpha value is -1.68. The van der Waals surface area contributed by atoms with Gasteiger partial charge in [0.05, 0.1) is 18.9 Å². The highest BCUT2D eigenvalue weighted by Crippen LogP contribution is 2.18. The molecular weight excluding hydrogens is 222 g/mol. The molecule has 0 saturated heterocycles. The van der Waals surface area contributed by atoms with E-state index in [1.165, 1.54) is 0 Å². The van der Waals surface area contributed by atoms with Crippen LogP contribution in [0.1, 0.15) is 15.9 Å². The maximum Gasteiger partial charge on any atom is 0.171 e. The van der Waals surface area contributed by atoms with Crippen LogP contribution in [0.15, 0.2) is 35.3 Å². The van der Waals surface area contributed by atoms with Gasteiger partial charge in [0.25, 0.3) is 0 Å². The van der Waals surface area contributed by atoms with Crippen LogP contribution in [-0.4, -0.2) is 17.9 Å². The van der Waals surface area contributed by atoms with Gasteiger partial charge < -0.3 is 4.74 Å². The number of ketones is 1. The molecule has 2 aromatic heterocycles. The third-order valence-electron chi connectivity index (χ3n) is 2.25. The molecule has 0 amide bonds. The topological polar surface area (TPSA) is 39.2 Å². The maximum atomic E-state index is 12.0. The summed E-state index contributed by atoms with van der Waals surface area (Å²) in [5, 5.41) is 3.94. The molecule has 0 aliphatic rings. The second-order valence-corrected chi connectivity index (χ2v) is 4.09. The molecule has 0 unspecified atom stereocenters. The van der Waals surface area contributed by atoms with Gasteiger partial charge in [-0.05, 0) is 28.5 Å². The van der Waals surface area contributed by atoms with E-state index in [4.69, 9.17) is 4.74 Å². The monoisotopic (exact) mass is 233 g/mol. The van der Waals surface area contributed by atoms with E-state index in [1.807, 2.05) is 16.8 Å². The number of carbonyl (C=O) groups is 1. The molecule has 0 bridgehead atoms. The highest BCUT2D eigenvalue weighted by molar-refractivity contribution is 7.08. The molecule has 2 heterocycles. The normalized spacial score (nSPS) is 10.1. The lowest BCUT2D eigenvalue weighted by Crippen LogP contribution is -2.05. The summed E-state index contributed by atoms with van der Waals surface area (Å²) in [7, 11) is 1.54. The number of hydrogen-bond acceptors (Lipinski definition) is 4. The Morgan fingerprint density at radius 3 is 3.06 bits per heavy atom. The molecule has 0 N–H and O–H groups in total. The van der Waals surface area contributed by atoms with Gasteiger partial charge in [-0.25, -0.2) is 0 Å². The lowest BCUT2D eigenvalue weighted by molar-refractivity contribution is 0.0990. The minimum atomic E-state index is 0.0534. The molecule has 16 heavy (non-hydrogen) atoms. The van der Waals surface area contributed by atoms with E-state index >= 15 is 0 Å². The molecule has 3 nitrogen and oxygen atoms in total. The first-order chi connectivity index (χ1) is 7.81. The van der Waals surface area contributed by atoms with Gasteiger partial charge in [-0.3, -0.25) is 9.78 Å². The van der Waals surface area contributed by atoms with Gasteiger partial charge in [-0.2, -0.15) is 11.3 Å². The third kappa shape index (κ3) is 2.28. The number of thiophene rings is 1. The van der Waals surface area contributed by atoms with Crippen LogP contribution in [0.3, 0.4) is 0 Å². The van der Waals surface area contributed by atoms with Gasteiger partial charge in [0.1, 0.15) is 5.75 Å². The quantitative estimate of drug-likeness (QED) is 0.762. The summed E-state index contributed by atoms with van der Waals surface area (Å²) in [6.45, 7) is 0. The molecule has 0 aliphatic carbocycles. The van der Waals surface area contributed by atoms with Crippen LogP contribution in [-0.2, 0) is 6.42 Å². The second kappa shape index (κ2) is 4.90. The van der Waals surface area contributed by atoms with Crippen molar-refractivity contribution in [2.45, 2.75) is 6.42 Å². The van der Waals surface area contributed by atoms with Crippen molar-refractivity contribution in [3.63, 3.8) is 0 Å². The lowest BCUT2D eigenvalue weighted by Gasteiger charge is -2.05. The fourth-order valence-corrected chi connectivity index (χ4v) is 2.12. The molecular formula is C12H11NO2S. The van der Waals surface area contributed by atoms with Crippen molar-refractivity contribution in [2.75, 3.05) is 7.11 Å². The zero-order chi connectivity index (χ0) is 11.4. The summed E-state index contributed by atoms with van der Waals surface area (Å²) in [6.07, 6.45) is 3.56. The van der Waals surface area contributed by atoms with Crippen molar-refractivity contribution < 1.29 is 9.53 Å². The molecule has 2 aromatic rings. The van der Waals surface area contributed by atoms with Crippen molar-refractivity contribution in [2.24, 2.45) is 0 Å². The molecule has 0 atom stereocenters. The van der Waals surface area contributed by atoms with Crippen molar-refractivity contribution in [3.8, 4) is 5.75 Å². The molecule has 2 rings (SSSR count). The molecule has 4 heteroatoms. The number of ether oxygens (including phenoxy) is 1. The molecule has 0 aliphatic heterocycles. The smallest absolute Gasteiger partial charge is 0.171 e. The first-order valence-electron chi connectivity index (χ1n) is 4.83. The summed E-state index contributed by atoms with van der Waals surface area (Å²) in [6, 6.07) is 3.64. The lowest BCUT2D eigenvalue weighted by atomic mass is 10.1. The van der Waals surface area contributed by atoms with Crippen LogP contribution in [0.5, 0.6) is 5.75 Å². The number of Topliss-reactive ketones (excluding diaryl/α,β-unsaturated/α-hetero) is 1. The van der Waals surface area contributed by atoms with Crippen LogP contribution in [0.2, 0.25) is 0 Å². The van der Waals surface area contributed by atoms with E-state index in [0.29, 0.717) is 17.7 Å². The first-order valence-corrected chi connectivity index (χ1v) is 5.78. The number of aromatic nitrogens is 1. The van der Waals surface area contributed by atoms with Crippen molar-refractivity contribution in [1.82, 2.24) is 4.98 Å². The Kier molecular flexibility index (Phi) is 3.31. The van der Waals surface area contributed by atoms with Gasteiger partial charge in [-0.15, -0.1) is 0 Å². The predicted octanol–water partition coefficient (Wildman–Crippen LogP) is 2.58. The van der Waals surface area contributed by atoms with Gasteiger partial charge in [0, 0.05) is 12.6 Å². The average molecular weight is 233 g/mol. The highest BCUT2D eigenvalue weighted by Gasteiger charge is 2.12. The van der Waals surface area contributed by atoms with Crippen molar-refractivity contribution in [3.05, 3.63) is 46.4 Å². The number of pyridine rings is 1. The SMILES string of the molecule is COc1cnccc1C(=O)Cc1ccsc1. The Bertz CT molecular complexity index is 480. The number of hydrogen-bond donors (Lipinski definition) is 0. The fourth-order valence-electron chi connectivity index (χ4n) is 1.45. The predicted molar refractivity (Wildman–Crippen MR) is 63.1 cm³/mol. The van der Waals surface area contributed by atoms with Crippen molar-refractivity contribution in [1.29, 1.82) is 0 Å². The van der Waals surface area contributed by atoms with E-state index in [9.17, 15) is 4.79 Å². The summed E-state index contributed by atoms with van der Waals surface area (Å²) in [5.41, 5.74) is 1.62. The Morgan fingerprint density at radius 1 is 1.50 bits per heavy atom. The van der Waals surface area contributed by atoms with E-state index in [0.717, 1.165) is 5.56 Å². The van der Waals surface area contributed by atoms with Crippen LogP contribution < -0.4 is 4.74 Å². The van der Waals surface area contributed by atoms with Crippen LogP contribution in [0, 0.1) is 0 Å². The van der Waals surface area contributed by atoms with Gasteiger partial charge in [0.2, 0.25) is 0 Å². The summed E-state index contributed by atoms with van der Waals surface area (Å²) in [5.74, 6) is 0.584. The Morgan fingerprint density at radius 2 is 2.38 bits per heavy atom. The van der Waals surface area contributed by atoms with Crippen LogP contribution >= 0.6 is 11.3 Å². The van der Waals surface area contributed by atoms with Crippen LogP contribution in [0.25, 0.3) is 0 Å². The number of rotatable bonds is 4. The largest absolute Gasteiger partial charge is 0.494 e. The molecule has 0 spiro atoms. The van der Waals surface area contributed by atoms with E-state index in [2.05, 4.69) is 4.98 Å². The maximum absolute atomic E-state index is 12.0. The summed E-state index contributed by atoms with van der Waals surface area (Å²) >= 11 is 1.59. The second-order valence-electron chi connectivity index (χ2n) is 3.31. The minimum absolute atomic E-state index is 0.0534. The molecule has 0 fully saturated rings. The zero-order valence-electron chi connectivity index (χ0n) is 8.84. The first kappa shape index (κ1) is 10.8. The van der Waals surface area contributed by atoms with Gasteiger partial charge in [0.15, 0.2) is 5.78 Å². The fraction of sp³-hybridized carbons (Fsp3) is 0.167.